The van der Waals surface area contributed by atoms with Gasteiger partial charge in [0.2, 0.25) is 5.91 Å². The molecule has 1 saturated heterocycles. The van der Waals surface area contributed by atoms with E-state index in [0.717, 1.165) is 25.9 Å². The van der Waals surface area contributed by atoms with Crippen molar-refractivity contribution < 1.29 is 4.79 Å². The topological polar surface area (TPSA) is 46.3 Å². The van der Waals surface area contributed by atoms with Crippen LogP contribution in [0.5, 0.6) is 0 Å². The maximum absolute atomic E-state index is 11.6. The summed E-state index contributed by atoms with van der Waals surface area (Å²) in [4.78, 5) is 13.5. The van der Waals surface area contributed by atoms with Crippen LogP contribution in [-0.2, 0) is 4.79 Å². The molecule has 2 N–H and O–H groups in total. The minimum Gasteiger partial charge on any atom is -0.341 e. The fraction of sp³-hybridized carbons (Fsp3) is 0.900. The molecule has 76 valence electrons. The number of nitrogens with two attached hydrogens (primary N) is 1. The van der Waals surface area contributed by atoms with E-state index in [1.165, 1.54) is 12.8 Å². The van der Waals surface area contributed by atoms with Gasteiger partial charge in [0.15, 0.2) is 0 Å². The van der Waals surface area contributed by atoms with Crippen LogP contribution in [0.1, 0.15) is 39.0 Å². The van der Waals surface area contributed by atoms with E-state index in [0.29, 0.717) is 6.42 Å². The third-order valence-corrected chi connectivity index (χ3v) is 2.43. The molecule has 0 aromatic carbocycles. The SMILES string of the molecule is C[C@@H](N)CN1CCCCCCC1=O. The lowest BCUT2D eigenvalue weighted by molar-refractivity contribution is -0.132. The van der Waals surface area contributed by atoms with Crippen LogP contribution in [0.15, 0.2) is 0 Å². The van der Waals surface area contributed by atoms with Gasteiger partial charge in [-0.25, -0.2) is 0 Å². The van der Waals surface area contributed by atoms with Crippen molar-refractivity contribution in [2.45, 2.75) is 45.1 Å². The van der Waals surface area contributed by atoms with E-state index >= 15 is 0 Å². The molecular formula is C10H20N2O. The van der Waals surface area contributed by atoms with Crippen molar-refractivity contribution >= 4 is 5.91 Å². The molecule has 3 heteroatoms. The van der Waals surface area contributed by atoms with Crippen molar-refractivity contribution in [1.29, 1.82) is 0 Å². The van der Waals surface area contributed by atoms with Gasteiger partial charge in [-0.1, -0.05) is 12.8 Å². The number of carbonyl (C=O) groups is 1. The summed E-state index contributed by atoms with van der Waals surface area (Å²) in [7, 11) is 0. The van der Waals surface area contributed by atoms with Crippen LogP contribution in [0.4, 0.5) is 0 Å². The lowest BCUT2D eigenvalue weighted by Crippen LogP contribution is -2.40. The monoisotopic (exact) mass is 184 g/mol. The summed E-state index contributed by atoms with van der Waals surface area (Å²) in [5.41, 5.74) is 5.68. The van der Waals surface area contributed by atoms with E-state index < -0.39 is 0 Å². The first kappa shape index (κ1) is 10.5. The summed E-state index contributed by atoms with van der Waals surface area (Å²) in [6.45, 7) is 3.57. The molecule has 0 saturated carbocycles. The molecule has 1 atom stereocenters. The Balaban J connectivity index is 2.41. The molecule has 1 fully saturated rings. The van der Waals surface area contributed by atoms with Crippen molar-refractivity contribution in [2.75, 3.05) is 13.1 Å². The molecule has 3 nitrogen and oxygen atoms in total. The highest BCUT2D eigenvalue weighted by Crippen LogP contribution is 2.11. The molecule has 1 heterocycles. The number of carbonyl (C=O) groups excluding carboxylic acids is 1. The Labute approximate surface area is 80.3 Å². The van der Waals surface area contributed by atoms with Gasteiger partial charge in [-0.15, -0.1) is 0 Å². The lowest BCUT2D eigenvalue weighted by atomic mass is 10.1. The van der Waals surface area contributed by atoms with E-state index in [1.807, 2.05) is 11.8 Å². The zero-order chi connectivity index (χ0) is 9.68. The van der Waals surface area contributed by atoms with Crippen LogP contribution in [0.2, 0.25) is 0 Å². The van der Waals surface area contributed by atoms with Crippen molar-refractivity contribution in [2.24, 2.45) is 5.73 Å². The molecule has 0 aromatic rings. The average molecular weight is 184 g/mol. The van der Waals surface area contributed by atoms with Gasteiger partial charge in [0, 0.05) is 25.6 Å². The van der Waals surface area contributed by atoms with Crippen LogP contribution in [0, 0.1) is 0 Å². The summed E-state index contributed by atoms with van der Waals surface area (Å²) in [5, 5.41) is 0. The fourth-order valence-corrected chi connectivity index (χ4v) is 1.76. The number of likely N-dealkylation sites (tertiary alicyclic amines) is 1. The van der Waals surface area contributed by atoms with E-state index in [-0.39, 0.29) is 11.9 Å². The predicted molar refractivity (Wildman–Crippen MR) is 53.3 cm³/mol. The largest absolute Gasteiger partial charge is 0.341 e. The second-order valence-electron chi connectivity index (χ2n) is 3.98. The van der Waals surface area contributed by atoms with Crippen LogP contribution in [0.25, 0.3) is 0 Å². The Kier molecular flexibility index (Phi) is 4.22. The van der Waals surface area contributed by atoms with Crippen LogP contribution in [0.3, 0.4) is 0 Å². The average Bonchev–Trinajstić information content (AvgIpc) is 2.04. The van der Waals surface area contributed by atoms with Gasteiger partial charge in [-0.3, -0.25) is 4.79 Å². The van der Waals surface area contributed by atoms with Crippen molar-refractivity contribution in [3.63, 3.8) is 0 Å². The molecule has 13 heavy (non-hydrogen) atoms. The number of amides is 1. The molecule has 0 aliphatic carbocycles. The van der Waals surface area contributed by atoms with Gasteiger partial charge in [0.05, 0.1) is 0 Å². The Bertz CT molecular complexity index is 168. The van der Waals surface area contributed by atoms with E-state index in [4.69, 9.17) is 5.73 Å². The van der Waals surface area contributed by atoms with Gasteiger partial charge < -0.3 is 10.6 Å². The van der Waals surface area contributed by atoms with Gasteiger partial charge in [0.1, 0.15) is 0 Å². The molecule has 1 aliphatic rings. The molecule has 0 aromatic heterocycles. The van der Waals surface area contributed by atoms with Crippen molar-refractivity contribution in [1.82, 2.24) is 4.90 Å². The molecule has 0 radical (unpaired) electrons. The van der Waals surface area contributed by atoms with Gasteiger partial charge in [0.25, 0.3) is 0 Å². The number of nitrogens with zero attached hydrogens (tertiary/aromatic N) is 1. The summed E-state index contributed by atoms with van der Waals surface area (Å²) in [6.07, 6.45) is 5.36. The maximum atomic E-state index is 11.6. The fourth-order valence-electron chi connectivity index (χ4n) is 1.76. The predicted octanol–water partition coefficient (Wildman–Crippen LogP) is 1.13. The zero-order valence-electron chi connectivity index (χ0n) is 8.46. The first-order valence-electron chi connectivity index (χ1n) is 5.23. The summed E-state index contributed by atoms with van der Waals surface area (Å²) in [5.74, 6) is 0.289. The number of rotatable bonds is 2. The number of hydrogen-bond acceptors (Lipinski definition) is 2. The van der Waals surface area contributed by atoms with E-state index in [1.54, 1.807) is 0 Å². The first-order valence-corrected chi connectivity index (χ1v) is 5.23. The summed E-state index contributed by atoms with van der Waals surface area (Å²) in [6, 6.07) is 0.100. The maximum Gasteiger partial charge on any atom is 0.222 e. The third-order valence-electron chi connectivity index (χ3n) is 2.43. The molecule has 0 unspecified atom stereocenters. The molecular weight excluding hydrogens is 164 g/mol. The summed E-state index contributed by atoms with van der Waals surface area (Å²) >= 11 is 0. The first-order chi connectivity index (χ1) is 6.20. The van der Waals surface area contributed by atoms with Crippen LogP contribution >= 0.6 is 0 Å². The molecule has 1 amide bonds. The number of hydrogen-bond donors (Lipinski definition) is 1. The smallest absolute Gasteiger partial charge is 0.222 e. The minimum absolute atomic E-state index is 0.100. The Hall–Kier alpha value is -0.570. The summed E-state index contributed by atoms with van der Waals surface area (Å²) < 4.78 is 0. The minimum atomic E-state index is 0.100. The second-order valence-corrected chi connectivity index (χ2v) is 3.98. The molecule has 1 aliphatic heterocycles. The zero-order valence-corrected chi connectivity index (χ0v) is 8.46. The van der Waals surface area contributed by atoms with Gasteiger partial charge in [-0.2, -0.15) is 0 Å². The highest BCUT2D eigenvalue weighted by atomic mass is 16.2. The molecule has 0 bridgehead atoms. The van der Waals surface area contributed by atoms with E-state index in [2.05, 4.69) is 0 Å². The molecule has 0 spiro atoms. The van der Waals surface area contributed by atoms with E-state index in [9.17, 15) is 4.79 Å². The Morgan fingerprint density at radius 1 is 1.38 bits per heavy atom. The Morgan fingerprint density at radius 3 is 2.77 bits per heavy atom. The standard InChI is InChI=1S/C10H20N2O/c1-9(11)8-12-7-5-3-2-4-6-10(12)13/h9H,2-8,11H2,1H3/t9-/m1/s1. The van der Waals surface area contributed by atoms with Crippen molar-refractivity contribution in [3.05, 3.63) is 0 Å². The van der Waals surface area contributed by atoms with Gasteiger partial charge in [-0.05, 0) is 19.8 Å². The molecule has 1 rings (SSSR count). The third kappa shape index (κ3) is 3.77. The van der Waals surface area contributed by atoms with Crippen LogP contribution in [-0.4, -0.2) is 29.9 Å². The van der Waals surface area contributed by atoms with Crippen LogP contribution < -0.4 is 5.73 Å². The highest BCUT2D eigenvalue weighted by molar-refractivity contribution is 5.76. The lowest BCUT2D eigenvalue weighted by Gasteiger charge is -2.26. The van der Waals surface area contributed by atoms with Gasteiger partial charge >= 0.3 is 0 Å². The normalized spacial score (nSPS) is 22.3. The highest BCUT2D eigenvalue weighted by Gasteiger charge is 2.15. The quantitative estimate of drug-likeness (QED) is 0.699. The van der Waals surface area contributed by atoms with Crippen molar-refractivity contribution in [3.8, 4) is 0 Å². The second kappa shape index (κ2) is 5.22. The Morgan fingerprint density at radius 2 is 2.08 bits per heavy atom.